The number of carbonyl (C=O) groups excluding carboxylic acids is 2. The van der Waals surface area contributed by atoms with E-state index in [-0.39, 0.29) is 12.0 Å². The van der Waals surface area contributed by atoms with Gasteiger partial charge in [-0.1, -0.05) is 29.3 Å². The second-order valence-electron chi connectivity index (χ2n) is 3.59. The van der Waals surface area contributed by atoms with Crippen molar-refractivity contribution in [3.05, 3.63) is 39.4 Å². The molecule has 0 bridgehead atoms. The number of hydrogen-bond acceptors (Lipinski definition) is 4. The highest BCUT2D eigenvalue weighted by Crippen LogP contribution is 2.24. The van der Waals surface area contributed by atoms with Gasteiger partial charge in [0.1, 0.15) is 0 Å². The van der Waals surface area contributed by atoms with Gasteiger partial charge in [0.15, 0.2) is 0 Å². The number of rotatable bonds is 4. The van der Waals surface area contributed by atoms with Crippen LogP contribution in [0.25, 0.3) is 6.08 Å². The third kappa shape index (κ3) is 4.58. The Bertz CT molecular complexity index is 523. The largest absolute Gasteiger partial charge is 0.469 e. The first kappa shape index (κ1) is 15.5. The van der Waals surface area contributed by atoms with Crippen LogP contribution in [0, 0.1) is 0 Å². The molecule has 0 radical (unpaired) electrons. The molecule has 0 amide bonds. The Kier molecular flexibility index (Phi) is 5.86. The van der Waals surface area contributed by atoms with Crippen LogP contribution in [0.2, 0.25) is 10.0 Å². The molecule has 0 aliphatic rings. The zero-order chi connectivity index (χ0) is 14.4. The van der Waals surface area contributed by atoms with Gasteiger partial charge in [0, 0.05) is 5.57 Å². The third-order valence-corrected chi connectivity index (χ3v) is 3.03. The molecule has 0 N–H and O–H groups in total. The predicted octanol–water partition coefficient (Wildman–Crippen LogP) is 3.11. The molecule has 6 heteroatoms. The molecule has 1 rings (SSSR count). The van der Waals surface area contributed by atoms with Crippen LogP contribution in [0.3, 0.4) is 0 Å². The molecule has 0 spiro atoms. The van der Waals surface area contributed by atoms with E-state index in [1.54, 1.807) is 18.2 Å². The Labute approximate surface area is 120 Å². The fraction of sp³-hybridized carbons (Fsp3) is 0.231. The Morgan fingerprint density at radius 3 is 2.37 bits per heavy atom. The van der Waals surface area contributed by atoms with Crippen molar-refractivity contribution in [3.63, 3.8) is 0 Å². The lowest BCUT2D eigenvalue weighted by Gasteiger charge is -2.05. The minimum absolute atomic E-state index is 0.174. The van der Waals surface area contributed by atoms with Gasteiger partial charge in [0.05, 0.1) is 30.7 Å². The van der Waals surface area contributed by atoms with Gasteiger partial charge in [-0.15, -0.1) is 0 Å². The highest BCUT2D eigenvalue weighted by Gasteiger charge is 2.15. The summed E-state index contributed by atoms with van der Waals surface area (Å²) in [4.78, 5) is 22.8. The van der Waals surface area contributed by atoms with Crippen molar-refractivity contribution in [2.45, 2.75) is 6.42 Å². The average molecular weight is 303 g/mol. The van der Waals surface area contributed by atoms with Crippen LogP contribution in [0.15, 0.2) is 23.8 Å². The zero-order valence-corrected chi connectivity index (χ0v) is 11.9. The first-order valence-electron chi connectivity index (χ1n) is 5.28. The van der Waals surface area contributed by atoms with Crippen LogP contribution in [-0.4, -0.2) is 26.2 Å². The van der Waals surface area contributed by atoms with Crippen LogP contribution >= 0.6 is 23.2 Å². The minimum Gasteiger partial charge on any atom is -0.469 e. The molecule has 0 aromatic heterocycles. The smallest absolute Gasteiger partial charge is 0.334 e. The van der Waals surface area contributed by atoms with Gasteiger partial charge < -0.3 is 9.47 Å². The van der Waals surface area contributed by atoms with Crippen molar-refractivity contribution >= 4 is 41.2 Å². The average Bonchev–Trinajstić information content (AvgIpc) is 2.41. The van der Waals surface area contributed by atoms with Gasteiger partial charge in [-0.2, -0.15) is 0 Å². The van der Waals surface area contributed by atoms with Crippen molar-refractivity contribution in [3.8, 4) is 0 Å². The van der Waals surface area contributed by atoms with E-state index in [2.05, 4.69) is 9.47 Å². The van der Waals surface area contributed by atoms with Crippen LogP contribution < -0.4 is 0 Å². The summed E-state index contributed by atoms with van der Waals surface area (Å²) in [7, 11) is 2.48. The standard InChI is InChI=1S/C13H12Cl2O4/c1-18-12(16)7-9(13(17)19-2)5-8-3-4-10(14)11(15)6-8/h3-6H,7H2,1-2H3/b9-5-. The van der Waals surface area contributed by atoms with Gasteiger partial charge in [-0.05, 0) is 23.8 Å². The fourth-order valence-corrected chi connectivity index (χ4v) is 1.65. The van der Waals surface area contributed by atoms with Crippen molar-refractivity contribution in [2.75, 3.05) is 14.2 Å². The molecular formula is C13H12Cl2O4. The number of benzene rings is 1. The van der Waals surface area contributed by atoms with E-state index in [0.29, 0.717) is 15.6 Å². The number of esters is 2. The number of methoxy groups -OCH3 is 2. The second-order valence-corrected chi connectivity index (χ2v) is 4.40. The molecule has 0 atom stereocenters. The quantitative estimate of drug-likeness (QED) is 0.633. The Balaban J connectivity index is 3.08. The van der Waals surface area contributed by atoms with Crippen molar-refractivity contribution in [2.24, 2.45) is 0 Å². The monoisotopic (exact) mass is 302 g/mol. The van der Waals surface area contributed by atoms with E-state index in [0.717, 1.165) is 0 Å². The Morgan fingerprint density at radius 1 is 1.16 bits per heavy atom. The van der Waals surface area contributed by atoms with Gasteiger partial charge in [-0.3, -0.25) is 4.79 Å². The second kappa shape index (κ2) is 7.16. The number of halogens is 2. The summed E-state index contributed by atoms with van der Waals surface area (Å²) in [6, 6.07) is 4.86. The number of hydrogen-bond donors (Lipinski definition) is 0. The normalized spacial score (nSPS) is 11.1. The first-order valence-corrected chi connectivity index (χ1v) is 6.04. The van der Waals surface area contributed by atoms with Crippen LogP contribution in [0.4, 0.5) is 0 Å². The topological polar surface area (TPSA) is 52.6 Å². The van der Waals surface area contributed by atoms with Gasteiger partial charge in [-0.25, -0.2) is 4.79 Å². The summed E-state index contributed by atoms with van der Waals surface area (Å²) in [6.07, 6.45) is 1.33. The van der Waals surface area contributed by atoms with Gasteiger partial charge >= 0.3 is 11.9 Å². The van der Waals surface area contributed by atoms with E-state index in [4.69, 9.17) is 23.2 Å². The molecule has 0 unspecified atom stereocenters. The van der Waals surface area contributed by atoms with Crippen LogP contribution in [-0.2, 0) is 19.1 Å². The maximum atomic E-state index is 11.6. The molecule has 0 aliphatic carbocycles. The lowest BCUT2D eigenvalue weighted by Crippen LogP contribution is -2.10. The Morgan fingerprint density at radius 2 is 1.84 bits per heavy atom. The molecule has 1 aromatic rings. The molecule has 102 valence electrons. The Hall–Kier alpha value is -1.52. The van der Waals surface area contributed by atoms with Gasteiger partial charge in [0.25, 0.3) is 0 Å². The summed E-state index contributed by atoms with van der Waals surface area (Å²) in [5.41, 5.74) is 0.812. The lowest BCUT2D eigenvalue weighted by atomic mass is 10.1. The first-order chi connectivity index (χ1) is 8.97. The van der Waals surface area contributed by atoms with E-state index >= 15 is 0 Å². The molecular weight excluding hydrogens is 291 g/mol. The number of ether oxygens (including phenoxy) is 2. The summed E-state index contributed by atoms with van der Waals surface area (Å²) < 4.78 is 9.13. The SMILES string of the molecule is COC(=O)C/C(=C/c1ccc(Cl)c(Cl)c1)C(=O)OC. The number of carbonyl (C=O) groups is 2. The maximum Gasteiger partial charge on any atom is 0.334 e. The fourth-order valence-electron chi connectivity index (χ4n) is 1.34. The summed E-state index contributed by atoms with van der Waals surface area (Å²) in [5.74, 6) is -1.13. The summed E-state index contributed by atoms with van der Waals surface area (Å²) in [5, 5.41) is 0.768. The van der Waals surface area contributed by atoms with Crippen LogP contribution in [0.1, 0.15) is 12.0 Å². The van der Waals surface area contributed by atoms with Gasteiger partial charge in [0.2, 0.25) is 0 Å². The molecule has 1 aromatic carbocycles. The highest BCUT2D eigenvalue weighted by atomic mass is 35.5. The molecule has 0 aliphatic heterocycles. The van der Waals surface area contributed by atoms with E-state index < -0.39 is 11.9 Å². The molecule has 0 heterocycles. The zero-order valence-electron chi connectivity index (χ0n) is 10.4. The molecule has 0 saturated heterocycles. The summed E-state index contributed by atoms with van der Waals surface area (Å²) in [6.45, 7) is 0. The maximum absolute atomic E-state index is 11.6. The summed E-state index contributed by atoms with van der Waals surface area (Å²) >= 11 is 11.7. The lowest BCUT2D eigenvalue weighted by molar-refractivity contribution is -0.143. The molecule has 19 heavy (non-hydrogen) atoms. The van der Waals surface area contributed by atoms with E-state index in [1.807, 2.05) is 0 Å². The third-order valence-electron chi connectivity index (χ3n) is 2.29. The molecule has 4 nitrogen and oxygen atoms in total. The van der Waals surface area contributed by atoms with Crippen molar-refractivity contribution in [1.82, 2.24) is 0 Å². The van der Waals surface area contributed by atoms with Crippen molar-refractivity contribution < 1.29 is 19.1 Å². The molecule has 0 fully saturated rings. The predicted molar refractivity (Wildman–Crippen MR) is 73.1 cm³/mol. The minimum atomic E-state index is -0.600. The van der Waals surface area contributed by atoms with E-state index in [9.17, 15) is 9.59 Å². The highest BCUT2D eigenvalue weighted by molar-refractivity contribution is 6.42. The molecule has 0 saturated carbocycles. The van der Waals surface area contributed by atoms with E-state index in [1.165, 1.54) is 20.3 Å². The van der Waals surface area contributed by atoms with Crippen LogP contribution in [0.5, 0.6) is 0 Å². The van der Waals surface area contributed by atoms with Crippen molar-refractivity contribution in [1.29, 1.82) is 0 Å².